The third-order valence-electron chi connectivity index (χ3n) is 3.90. The fraction of sp³-hybridized carbons (Fsp3) is 1.00. The quantitative estimate of drug-likeness (QED) is 0.801. The molecular formula is C13H25NO2. The molecule has 2 rings (SSSR count). The fourth-order valence-electron chi connectivity index (χ4n) is 3.08. The first-order chi connectivity index (χ1) is 7.61. The first-order valence-electron chi connectivity index (χ1n) is 6.53. The summed E-state index contributed by atoms with van der Waals surface area (Å²) < 4.78 is 11.3. The zero-order valence-corrected chi connectivity index (χ0v) is 10.8. The number of hydrogen-bond donors (Lipinski definition) is 1. The van der Waals surface area contributed by atoms with E-state index in [2.05, 4.69) is 19.2 Å². The average molecular weight is 227 g/mol. The maximum atomic E-state index is 5.74. The Morgan fingerprint density at radius 2 is 2.06 bits per heavy atom. The van der Waals surface area contributed by atoms with E-state index >= 15 is 0 Å². The number of hydrogen-bond acceptors (Lipinski definition) is 3. The Morgan fingerprint density at radius 3 is 2.75 bits per heavy atom. The molecule has 3 unspecified atom stereocenters. The molecule has 1 saturated heterocycles. The molecule has 16 heavy (non-hydrogen) atoms. The van der Waals surface area contributed by atoms with E-state index < -0.39 is 0 Å². The van der Waals surface area contributed by atoms with E-state index in [4.69, 9.17) is 9.47 Å². The Hall–Kier alpha value is -0.120. The topological polar surface area (TPSA) is 30.5 Å². The van der Waals surface area contributed by atoms with Crippen molar-refractivity contribution in [1.29, 1.82) is 0 Å². The van der Waals surface area contributed by atoms with Gasteiger partial charge in [-0.2, -0.15) is 0 Å². The molecule has 1 N–H and O–H groups in total. The minimum absolute atomic E-state index is 0.0388. The molecule has 0 amide bonds. The first-order valence-corrected chi connectivity index (χ1v) is 6.53. The normalized spacial score (nSPS) is 38.8. The van der Waals surface area contributed by atoms with Crippen LogP contribution in [0.3, 0.4) is 0 Å². The summed E-state index contributed by atoms with van der Waals surface area (Å²) in [6.07, 6.45) is 6.43. The highest BCUT2D eigenvalue weighted by molar-refractivity contribution is 4.90. The van der Waals surface area contributed by atoms with Gasteiger partial charge in [-0.3, -0.25) is 0 Å². The van der Waals surface area contributed by atoms with Gasteiger partial charge in [-0.15, -0.1) is 0 Å². The van der Waals surface area contributed by atoms with Crippen LogP contribution in [-0.4, -0.2) is 37.5 Å². The monoisotopic (exact) mass is 227 g/mol. The summed E-state index contributed by atoms with van der Waals surface area (Å²) in [5, 5.41) is 3.77. The van der Waals surface area contributed by atoms with Gasteiger partial charge in [-0.1, -0.05) is 0 Å². The Balaban J connectivity index is 1.84. The second-order valence-electron chi connectivity index (χ2n) is 5.78. The summed E-state index contributed by atoms with van der Waals surface area (Å²) in [5.41, 5.74) is 0.0388. The number of methoxy groups -OCH3 is 1. The van der Waals surface area contributed by atoms with Crippen molar-refractivity contribution >= 4 is 0 Å². The summed E-state index contributed by atoms with van der Waals surface area (Å²) in [4.78, 5) is 0. The van der Waals surface area contributed by atoms with Gasteiger partial charge in [-0.25, -0.2) is 0 Å². The lowest BCUT2D eigenvalue weighted by Crippen LogP contribution is -2.49. The number of rotatable bonds is 3. The zero-order chi connectivity index (χ0) is 11.6. The first kappa shape index (κ1) is 12.3. The number of ether oxygens (including phenoxy) is 2. The minimum atomic E-state index is 0.0388. The van der Waals surface area contributed by atoms with Crippen LogP contribution in [-0.2, 0) is 9.47 Å². The summed E-state index contributed by atoms with van der Waals surface area (Å²) in [6.45, 7) is 5.25. The van der Waals surface area contributed by atoms with Crippen LogP contribution in [0.15, 0.2) is 0 Å². The largest absolute Gasteiger partial charge is 0.380 e. The van der Waals surface area contributed by atoms with Gasteiger partial charge in [0.05, 0.1) is 11.7 Å². The summed E-state index contributed by atoms with van der Waals surface area (Å²) in [5.74, 6) is 0. The second-order valence-corrected chi connectivity index (χ2v) is 5.78. The van der Waals surface area contributed by atoms with Gasteiger partial charge in [0.25, 0.3) is 0 Å². The standard InChI is InChI=1S/C13H25NO2/c1-13(2)9-10(7-8-16-13)14-11-5-4-6-12(11)15-3/h10-12,14H,4-9H2,1-3H3. The van der Waals surface area contributed by atoms with E-state index in [-0.39, 0.29) is 5.60 Å². The fourth-order valence-corrected chi connectivity index (χ4v) is 3.08. The molecule has 1 aliphatic heterocycles. The van der Waals surface area contributed by atoms with Gasteiger partial charge < -0.3 is 14.8 Å². The van der Waals surface area contributed by atoms with Crippen LogP contribution in [0.5, 0.6) is 0 Å². The molecule has 2 aliphatic rings. The van der Waals surface area contributed by atoms with Gasteiger partial charge in [0.1, 0.15) is 0 Å². The average Bonchev–Trinajstić information content (AvgIpc) is 2.63. The van der Waals surface area contributed by atoms with E-state index in [0.29, 0.717) is 18.2 Å². The van der Waals surface area contributed by atoms with E-state index in [1.807, 2.05) is 7.11 Å². The van der Waals surface area contributed by atoms with Crippen molar-refractivity contribution in [1.82, 2.24) is 5.32 Å². The Kier molecular flexibility index (Phi) is 3.88. The van der Waals surface area contributed by atoms with Crippen LogP contribution in [0.4, 0.5) is 0 Å². The van der Waals surface area contributed by atoms with Crippen molar-refractivity contribution in [2.24, 2.45) is 0 Å². The summed E-state index contributed by atoms with van der Waals surface area (Å²) in [7, 11) is 1.83. The minimum Gasteiger partial charge on any atom is -0.380 e. The van der Waals surface area contributed by atoms with Crippen molar-refractivity contribution in [3.05, 3.63) is 0 Å². The smallest absolute Gasteiger partial charge is 0.0724 e. The molecule has 1 saturated carbocycles. The molecule has 3 heteroatoms. The second kappa shape index (κ2) is 5.03. The van der Waals surface area contributed by atoms with Crippen LogP contribution in [0.2, 0.25) is 0 Å². The molecule has 2 fully saturated rings. The number of nitrogens with one attached hydrogen (secondary N) is 1. The van der Waals surface area contributed by atoms with Crippen molar-refractivity contribution in [3.63, 3.8) is 0 Å². The van der Waals surface area contributed by atoms with E-state index in [1.165, 1.54) is 19.3 Å². The van der Waals surface area contributed by atoms with Crippen molar-refractivity contribution < 1.29 is 9.47 Å². The maximum absolute atomic E-state index is 5.74. The van der Waals surface area contributed by atoms with Crippen LogP contribution in [0.1, 0.15) is 46.0 Å². The molecule has 0 aromatic carbocycles. The van der Waals surface area contributed by atoms with Crippen LogP contribution in [0, 0.1) is 0 Å². The van der Waals surface area contributed by atoms with Crippen LogP contribution in [0.25, 0.3) is 0 Å². The van der Waals surface area contributed by atoms with Gasteiger partial charge in [-0.05, 0) is 46.0 Å². The molecule has 0 aromatic rings. The molecule has 0 aromatic heterocycles. The Labute approximate surface area is 98.9 Å². The summed E-state index contributed by atoms with van der Waals surface area (Å²) in [6, 6.07) is 1.16. The van der Waals surface area contributed by atoms with Crippen molar-refractivity contribution in [2.45, 2.75) is 69.7 Å². The van der Waals surface area contributed by atoms with Gasteiger partial charge in [0, 0.05) is 25.8 Å². The molecule has 0 radical (unpaired) electrons. The molecule has 0 spiro atoms. The predicted octanol–water partition coefficient (Wildman–Crippen LogP) is 2.10. The third kappa shape index (κ3) is 2.96. The van der Waals surface area contributed by atoms with Crippen LogP contribution < -0.4 is 5.32 Å². The van der Waals surface area contributed by atoms with E-state index in [1.54, 1.807) is 0 Å². The van der Waals surface area contributed by atoms with Gasteiger partial charge in [0.2, 0.25) is 0 Å². The highest BCUT2D eigenvalue weighted by atomic mass is 16.5. The SMILES string of the molecule is COC1CCCC1NC1CCOC(C)(C)C1. The summed E-state index contributed by atoms with van der Waals surface area (Å²) >= 11 is 0. The highest BCUT2D eigenvalue weighted by Crippen LogP contribution is 2.27. The lowest BCUT2D eigenvalue weighted by atomic mass is 9.93. The molecule has 3 atom stereocenters. The third-order valence-corrected chi connectivity index (χ3v) is 3.90. The molecule has 1 heterocycles. The van der Waals surface area contributed by atoms with Crippen LogP contribution >= 0.6 is 0 Å². The molecule has 0 bridgehead atoms. The van der Waals surface area contributed by atoms with Gasteiger partial charge in [0.15, 0.2) is 0 Å². The van der Waals surface area contributed by atoms with Gasteiger partial charge >= 0.3 is 0 Å². The molecule has 94 valence electrons. The Bertz CT molecular complexity index is 230. The van der Waals surface area contributed by atoms with Crippen molar-refractivity contribution in [2.75, 3.05) is 13.7 Å². The molecular weight excluding hydrogens is 202 g/mol. The van der Waals surface area contributed by atoms with Crippen molar-refractivity contribution in [3.8, 4) is 0 Å². The molecule has 1 aliphatic carbocycles. The lowest BCUT2D eigenvalue weighted by Gasteiger charge is -2.38. The maximum Gasteiger partial charge on any atom is 0.0724 e. The van der Waals surface area contributed by atoms with E-state index in [9.17, 15) is 0 Å². The lowest BCUT2D eigenvalue weighted by molar-refractivity contribution is -0.0662. The highest BCUT2D eigenvalue weighted by Gasteiger charge is 2.33. The zero-order valence-electron chi connectivity index (χ0n) is 10.8. The Morgan fingerprint density at radius 1 is 1.25 bits per heavy atom. The van der Waals surface area contributed by atoms with E-state index in [0.717, 1.165) is 19.4 Å². The molecule has 3 nitrogen and oxygen atoms in total. The predicted molar refractivity (Wildman–Crippen MR) is 64.6 cm³/mol.